The van der Waals surface area contributed by atoms with Crippen LogP contribution < -0.4 is 14.2 Å². The fraction of sp³-hybridized carbons (Fsp3) is 0.565. The number of rotatable bonds is 8. The maximum atomic E-state index is 13.2. The molecule has 0 spiro atoms. The van der Waals surface area contributed by atoms with Crippen molar-refractivity contribution in [2.45, 2.75) is 38.0 Å². The van der Waals surface area contributed by atoms with Crippen molar-refractivity contribution in [1.29, 1.82) is 0 Å². The average molecular weight is 434 g/mol. The minimum Gasteiger partial charge on any atom is -0.493 e. The van der Waals surface area contributed by atoms with Crippen LogP contribution >= 0.6 is 0 Å². The van der Waals surface area contributed by atoms with Crippen molar-refractivity contribution in [3.63, 3.8) is 0 Å². The Labute approximate surface area is 182 Å². The van der Waals surface area contributed by atoms with Crippen LogP contribution in [0.3, 0.4) is 0 Å². The number of aliphatic hydroxyl groups is 1. The summed E-state index contributed by atoms with van der Waals surface area (Å²) in [6.07, 6.45) is 3.53. The van der Waals surface area contributed by atoms with Crippen molar-refractivity contribution >= 4 is 17.8 Å². The van der Waals surface area contributed by atoms with Gasteiger partial charge >= 0.3 is 5.97 Å². The first-order valence-corrected chi connectivity index (χ1v) is 10.5. The Morgan fingerprint density at radius 3 is 2.16 bits per heavy atom. The molecule has 1 aromatic rings. The van der Waals surface area contributed by atoms with Crippen molar-refractivity contribution in [2.24, 2.45) is 11.8 Å². The van der Waals surface area contributed by atoms with Gasteiger partial charge in [0.15, 0.2) is 17.3 Å². The summed E-state index contributed by atoms with van der Waals surface area (Å²) in [5.74, 6) is -0.679. The van der Waals surface area contributed by atoms with Gasteiger partial charge in [-0.25, -0.2) is 0 Å². The molecule has 2 heterocycles. The van der Waals surface area contributed by atoms with E-state index in [0.29, 0.717) is 22.8 Å². The second-order valence-corrected chi connectivity index (χ2v) is 7.87. The summed E-state index contributed by atoms with van der Waals surface area (Å²) in [7, 11) is 6.48. The van der Waals surface area contributed by atoms with Gasteiger partial charge in [0.05, 0.1) is 45.9 Å². The van der Waals surface area contributed by atoms with Crippen LogP contribution in [0.2, 0.25) is 0 Å². The number of carbonyl (C=O) groups excluding carboxylic acids is 2. The lowest BCUT2D eigenvalue weighted by Crippen LogP contribution is -2.59. The fourth-order valence-electron chi connectivity index (χ4n) is 4.92. The largest absolute Gasteiger partial charge is 0.493 e. The number of hydrogen-bond acceptors (Lipinski definition) is 8. The molecule has 8 heteroatoms. The maximum absolute atomic E-state index is 13.2. The molecule has 0 saturated carbocycles. The van der Waals surface area contributed by atoms with Crippen LogP contribution in [-0.4, -0.2) is 74.9 Å². The molecule has 2 fully saturated rings. The van der Waals surface area contributed by atoms with Crippen molar-refractivity contribution in [1.82, 2.24) is 4.90 Å². The van der Waals surface area contributed by atoms with Crippen molar-refractivity contribution in [3.05, 3.63) is 23.8 Å². The third-order valence-electron chi connectivity index (χ3n) is 6.38. The normalized spacial score (nSPS) is 27.9. The molecule has 2 aliphatic rings. The predicted molar refractivity (Wildman–Crippen MR) is 114 cm³/mol. The molecule has 1 N–H and O–H groups in total. The third kappa shape index (κ3) is 4.27. The van der Waals surface area contributed by atoms with Gasteiger partial charge in [-0.15, -0.1) is 0 Å². The molecule has 170 valence electrons. The summed E-state index contributed by atoms with van der Waals surface area (Å²) >= 11 is 0. The van der Waals surface area contributed by atoms with E-state index in [1.54, 1.807) is 25.1 Å². The quantitative estimate of drug-likeness (QED) is 0.491. The molecule has 31 heavy (non-hydrogen) atoms. The van der Waals surface area contributed by atoms with Crippen LogP contribution in [0.4, 0.5) is 0 Å². The highest BCUT2D eigenvalue weighted by Crippen LogP contribution is 2.43. The molecule has 3 rings (SSSR count). The Morgan fingerprint density at radius 1 is 1.06 bits per heavy atom. The smallest absolute Gasteiger partial charge is 0.313 e. The number of ketones is 1. The number of benzene rings is 1. The Hall–Kier alpha value is -2.58. The minimum absolute atomic E-state index is 0.109. The molecule has 0 aliphatic carbocycles. The van der Waals surface area contributed by atoms with Gasteiger partial charge in [0.2, 0.25) is 5.75 Å². The highest BCUT2D eigenvalue weighted by atomic mass is 16.5. The molecule has 0 unspecified atom stereocenters. The lowest BCUT2D eigenvalue weighted by Gasteiger charge is -2.43. The maximum Gasteiger partial charge on any atom is 0.313 e. The van der Waals surface area contributed by atoms with Gasteiger partial charge < -0.3 is 24.1 Å². The topological polar surface area (TPSA) is 94.5 Å². The van der Waals surface area contributed by atoms with E-state index in [1.807, 2.05) is 11.9 Å². The number of methoxy groups -OCH3 is 3. The number of carbonyl (C=O) groups is 2. The number of fused-ring (bicyclic) bond motifs is 2. The van der Waals surface area contributed by atoms with Gasteiger partial charge in [0.1, 0.15) is 0 Å². The first-order valence-electron chi connectivity index (χ1n) is 10.5. The van der Waals surface area contributed by atoms with Crippen molar-refractivity contribution in [3.8, 4) is 17.2 Å². The lowest BCUT2D eigenvalue weighted by atomic mass is 9.77. The summed E-state index contributed by atoms with van der Waals surface area (Å²) < 4.78 is 21.2. The van der Waals surface area contributed by atoms with Gasteiger partial charge in [-0.1, -0.05) is 6.08 Å². The summed E-state index contributed by atoms with van der Waals surface area (Å²) in [5, 5.41) is 11.0. The van der Waals surface area contributed by atoms with E-state index < -0.39 is 23.9 Å². The zero-order valence-corrected chi connectivity index (χ0v) is 18.7. The number of aliphatic hydroxyl groups excluding tert-OH is 1. The van der Waals surface area contributed by atoms with Gasteiger partial charge in [0, 0.05) is 12.1 Å². The minimum atomic E-state index is -1.08. The number of esters is 1. The van der Waals surface area contributed by atoms with Gasteiger partial charge in [-0.2, -0.15) is 0 Å². The highest BCUT2D eigenvalue weighted by molar-refractivity contribution is 5.97. The number of allylic oxidation sites excluding steroid dienone is 1. The molecule has 0 radical (unpaired) electrons. The zero-order chi connectivity index (χ0) is 22.7. The predicted octanol–water partition coefficient (Wildman–Crippen LogP) is 1.93. The number of hydrogen-bond donors (Lipinski definition) is 1. The molecular weight excluding hydrogens is 402 g/mol. The highest BCUT2D eigenvalue weighted by Gasteiger charge is 2.55. The summed E-state index contributed by atoms with van der Waals surface area (Å²) in [4.78, 5) is 27.7. The molecule has 2 aliphatic heterocycles. The molecule has 0 amide bonds. The molecule has 8 nitrogen and oxygen atoms in total. The van der Waals surface area contributed by atoms with Gasteiger partial charge in [0.25, 0.3) is 0 Å². The Balaban J connectivity index is 1.87. The Kier molecular flexibility index (Phi) is 7.23. The average Bonchev–Trinajstić information content (AvgIpc) is 3.03. The van der Waals surface area contributed by atoms with E-state index in [9.17, 15) is 14.7 Å². The van der Waals surface area contributed by atoms with E-state index >= 15 is 0 Å². The monoisotopic (exact) mass is 433 g/mol. The summed E-state index contributed by atoms with van der Waals surface area (Å²) in [6, 6.07) is 3.26. The molecule has 0 aromatic heterocycles. The van der Waals surface area contributed by atoms with Gasteiger partial charge in [-0.3, -0.25) is 14.5 Å². The lowest BCUT2D eigenvalue weighted by molar-refractivity contribution is -0.163. The fourth-order valence-corrected chi connectivity index (χ4v) is 4.92. The van der Waals surface area contributed by atoms with Crippen LogP contribution in [-0.2, 0) is 14.3 Å². The van der Waals surface area contributed by atoms with E-state index in [0.717, 1.165) is 12.8 Å². The van der Waals surface area contributed by atoms with Crippen LogP contribution in [0.1, 0.15) is 25.3 Å². The van der Waals surface area contributed by atoms with E-state index in [-0.39, 0.29) is 24.5 Å². The summed E-state index contributed by atoms with van der Waals surface area (Å²) in [5.41, 5.74) is 0.688. The number of nitrogens with zero attached hydrogens (tertiary/aromatic N) is 1. The Bertz CT molecular complexity index is 827. The standard InChI is InChI=1S/C23H31NO7/c1-6-31-23(27)20-15-9-8-14(24(15)2)19(21(20)26)16(25)10-7-13-11-17(28-3)22(30-5)18(12-13)29-4/h7,10-12,14-15,19-21,26H,6,8-9H2,1-5H3/t14-,15+,19+,20+,21-/m0/s1. The van der Waals surface area contributed by atoms with Crippen LogP contribution in [0.25, 0.3) is 6.08 Å². The number of piperidine rings is 1. The van der Waals surface area contributed by atoms with Crippen molar-refractivity contribution < 1.29 is 33.6 Å². The van der Waals surface area contributed by atoms with Crippen LogP contribution in [0, 0.1) is 11.8 Å². The molecular formula is C23H31NO7. The van der Waals surface area contributed by atoms with Crippen molar-refractivity contribution in [2.75, 3.05) is 35.0 Å². The van der Waals surface area contributed by atoms with E-state index in [1.165, 1.54) is 27.4 Å². The molecule has 5 atom stereocenters. The van der Waals surface area contributed by atoms with Crippen LogP contribution in [0.5, 0.6) is 17.2 Å². The van der Waals surface area contributed by atoms with Crippen LogP contribution in [0.15, 0.2) is 18.2 Å². The molecule has 2 saturated heterocycles. The van der Waals surface area contributed by atoms with Gasteiger partial charge in [-0.05, 0) is 50.6 Å². The van der Waals surface area contributed by atoms with E-state index in [4.69, 9.17) is 18.9 Å². The molecule has 2 bridgehead atoms. The third-order valence-corrected chi connectivity index (χ3v) is 6.38. The van der Waals surface area contributed by atoms with E-state index in [2.05, 4.69) is 0 Å². The second kappa shape index (κ2) is 9.70. The first-order chi connectivity index (χ1) is 14.9. The Morgan fingerprint density at radius 2 is 1.65 bits per heavy atom. The SMILES string of the molecule is CCOC(=O)[C@H]1[C@@H](O)[C@@H](C(=O)C=Cc2cc(OC)c(OC)c(OC)c2)[C@@H]2CC[C@H]1N2C. The first kappa shape index (κ1) is 23.1. The number of ether oxygens (including phenoxy) is 4. The zero-order valence-electron chi connectivity index (χ0n) is 18.7. The molecule has 1 aromatic carbocycles. The second-order valence-electron chi connectivity index (χ2n) is 7.87. The summed E-state index contributed by atoms with van der Waals surface area (Å²) in [6.45, 7) is 1.97.